The molecule has 0 bridgehead atoms. The van der Waals surface area contributed by atoms with Crippen LogP contribution < -0.4 is 11.1 Å². The number of halogens is 2. The average molecular weight is 264 g/mol. The third-order valence-electron chi connectivity index (χ3n) is 1.69. The highest BCUT2D eigenvalue weighted by atomic mass is 79.9. The maximum absolute atomic E-state index is 6.00. The van der Waals surface area contributed by atoms with Crippen molar-refractivity contribution >= 4 is 33.2 Å². The Morgan fingerprint density at radius 2 is 2.31 bits per heavy atom. The van der Waals surface area contributed by atoms with E-state index in [1.165, 1.54) is 0 Å². The van der Waals surface area contributed by atoms with E-state index < -0.39 is 0 Å². The van der Waals surface area contributed by atoms with Crippen LogP contribution in [0.25, 0.3) is 0 Å². The minimum absolute atomic E-state index is 0.235. The molecule has 72 valence electrons. The number of hydrogen-bond acceptors (Lipinski definition) is 2. The Morgan fingerprint density at radius 1 is 1.62 bits per heavy atom. The minimum Gasteiger partial charge on any atom is -0.380 e. The molecule has 1 aromatic rings. The van der Waals surface area contributed by atoms with E-state index in [4.69, 9.17) is 17.3 Å². The molecule has 0 aliphatic heterocycles. The summed E-state index contributed by atoms with van der Waals surface area (Å²) < 4.78 is 0.975. The van der Waals surface area contributed by atoms with Gasteiger partial charge in [0.25, 0.3) is 0 Å². The number of anilines is 1. The van der Waals surface area contributed by atoms with Crippen molar-refractivity contribution in [3.63, 3.8) is 0 Å². The summed E-state index contributed by atoms with van der Waals surface area (Å²) in [5.41, 5.74) is 6.40. The molecular formula is C9H12BrClN2. The van der Waals surface area contributed by atoms with E-state index in [9.17, 15) is 0 Å². The first-order valence-corrected chi connectivity index (χ1v) is 5.22. The smallest absolute Gasteiger partial charge is 0.0648 e. The molecular weight excluding hydrogens is 251 g/mol. The first kappa shape index (κ1) is 10.8. The van der Waals surface area contributed by atoms with Gasteiger partial charge in [0.15, 0.2) is 0 Å². The van der Waals surface area contributed by atoms with Gasteiger partial charge in [-0.15, -0.1) is 0 Å². The van der Waals surface area contributed by atoms with Crippen molar-refractivity contribution in [3.05, 3.63) is 27.7 Å². The maximum Gasteiger partial charge on any atom is 0.0648 e. The minimum atomic E-state index is 0.235. The van der Waals surface area contributed by atoms with Crippen molar-refractivity contribution < 1.29 is 0 Å². The predicted octanol–water partition coefficient (Wildman–Crippen LogP) is 2.86. The molecule has 0 fully saturated rings. The Morgan fingerprint density at radius 3 is 2.85 bits per heavy atom. The molecule has 0 saturated carbocycles. The van der Waals surface area contributed by atoms with E-state index in [1.54, 1.807) is 0 Å². The lowest BCUT2D eigenvalue weighted by molar-refractivity contribution is 0.804. The molecule has 1 aromatic carbocycles. The standard InChI is InChI=1S/C9H12BrClN2/c1-6(5-12)13-9-3-2-7(10)4-8(9)11/h2-4,6,13H,5,12H2,1H3. The third-order valence-corrected chi connectivity index (χ3v) is 2.49. The zero-order valence-corrected chi connectivity index (χ0v) is 9.69. The predicted molar refractivity (Wildman–Crippen MR) is 61.3 cm³/mol. The fourth-order valence-corrected chi connectivity index (χ4v) is 1.66. The Kier molecular flexibility index (Phi) is 4.03. The van der Waals surface area contributed by atoms with Crippen molar-refractivity contribution in [3.8, 4) is 0 Å². The van der Waals surface area contributed by atoms with Crippen LogP contribution in [0.5, 0.6) is 0 Å². The van der Waals surface area contributed by atoms with Crippen molar-refractivity contribution in [1.29, 1.82) is 0 Å². The van der Waals surface area contributed by atoms with Crippen LogP contribution >= 0.6 is 27.5 Å². The van der Waals surface area contributed by atoms with Gasteiger partial charge in [-0.2, -0.15) is 0 Å². The second-order valence-electron chi connectivity index (χ2n) is 2.91. The fraction of sp³-hybridized carbons (Fsp3) is 0.333. The molecule has 0 aliphatic rings. The summed E-state index contributed by atoms with van der Waals surface area (Å²) in [6, 6.07) is 5.96. The Balaban J connectivity index is 2.77. The van der Waals surface area contributed by atoms with Gasteiger partial charge in [0.05, 0.1) is 10.7 Å². The topological polar surface area (TPSA) is 38.0 Å². The van der Waals surface area contributed by atoms with Gasteiger partial charge < -0.3 is 11.1 Å². The van der Waals surface area contributed by atoms with Crippen LogP contribution in [-0.4, -0.2) is 12.6 Å². The number of rotatable bonds is 3. The molecule has 0 saturated heterocycles. The average Bonchev–Trinajstić information content (AvgIpc) is 2.09. The Labute approximate surface area is 91.6 Å². The second-order valence-corrected chi connectivity index (χ2v) is 4.23. The molecule has 0 aromatic heterocycles. The van der Waals surface area contributed by atoms with E-state index in [-0.39, 0.29) is 6.04 Å². The number of hydrogen-bond donors (Lipinski definition) is 2. The lowest BCUT2D eigenvalue weighted by Crippen LogP contribution is -2.25. The van der Waals surface area contributed by atoms with Crippen LogP contribution in [0.4, 0.5) is 5.69 Å². The van der Waals surface area contributed by atoms with Gasteiger partial charge in [-0.05, 0) is 25.1 Å². The van der Waals surface area contributed by atoms with Gasteiger partial charge in [-0.25, -0.2) is 0 Å². The summed E-state index contributed by atoms with van der Waals surface area (Å²) in [4.78, 5) is 0. The zero-order chi connectivity index (χ0) is 9.84. The molecule has 1 unspecified atom stereocenters. The van der Waals surface area contributed by atoms with Crippen LogP contribution in [-0.2, 0) is 0 Å². The molecule has 3 N–H and O–H groups in total. The molecule has 0 radical (unpaired) electrons. The highest BCUT2D eigenvalue weighted by Gasteiger charge is 2.03. The summed E-state index contributed by atoms with van der Waals surface area (Å²) in [5.74, 6) is 0. The van der Waals surface area contributed by atoms with E-state index in [0.717, 1.165) is 10.2 Å². The lowest BCUT2D eigenvalue weighted by atomic mass is 10.2. The van der Waals surface area contributed by atoms with E-state index in [2.05, 4.69) is 21.2 Å². The van der Waals surface area contributed by atoms with Gasteiger partial charge in [0, 0.05) is 17.1 Å². The summed E-state index contributed by atoms with van der Waals surface area (Å²) in [6.07, 6.45) is 0. The highest BCUT2D eigenvalue weighted by molar-refractivity contribution is 9.10. The molecule has 1 atom stereocenters. The van der Waals surface area contributed by atoms with Crippen molar-refractivity contribution in [2.24, 2.45) is 5.73 Å². The van der Waals surface area contributed by atoms with Crippen LogP contribution in [0.1, 0.15) is 6.92 Å². The van der Waals surface area contributed by atoms with E-state index >= 15 is 0 Å². The quantitative estimate of drug-likeness (QED) is 0.880. The van der Waals surface area contributed by atoms with Gasteiger partial charge in [-0.3, -0.25) is 0 Å². The molecule has 0 heterocycles. The Bertz CT molecular complexity index is 291. The summed E-state index contributed by atoms with van der Waals surface area (Å²) >= 11 is 9.34. The monoisotopic (exact) mass is 262 g/mol. The molecule has 0 aliphatic carbocycles. The molecule has 1 rings (SSSR count). The van der Waals surface area contributed by atoms with Crippen molar-refractivity contribution in [2.45, 2.75) is 13.0 Å². The first-order chi connectivity index (χ1) is 6.13. The molecule has 0 spiro atoms. The van der Waals surface area contributed by atoms with Gasteiger partial charge in [0.1, 0.15) is 0 Å². The van der Waals surface area contributed by atoms with Crippen LogP contribution in [0, 0.1) is 0 Å². The molecule has 2 nitrogen and oxygen atoms in total. The van der Waals surface area contributed by atoms with Crippen LogP contribution in [0.3, 0.4) is 0 Å². The molecule has 13 heavy (non-hydrogen) atoms. The van der Waals surface area contributed by atoms with Crippen LogP contribution in [0.2, 0.25) is 5.02 Å². The summed E-state index contributed by atoms with van der Waals surface area (Å²) in [5, 5.41) is 3.91. The van der Waals surface area contributed by atoms with Crippen molar-refractivity contribution in [1.82, 2.24) is 0 Å². The van der Waals surface area contributed by atoms with Gasteiger partial charge in [0.2, 0.25) is 0 Å². The van der Waals surface area contributed by atoms with Crippen molar-refractivity contribution in [2.75, 3.05) is 11.9 Å². The normalized spacial score (nSPS) is 12.6. The van der Waals surface area contributed by atoms with Gasteiger partial charge in [-0.1, -0.05) is 27.5 Å². The van der Waals surface area contributed by atoms with Gasteiger partial charge >= 0.3 is 0 Å². The van der Waals surface area contributed by atoms with E-state index in [1.807, 2.05) is 25.1 Å². The Hall–Kier alpha value is -0.250. The SMILES string of the molecule is CC(CN)Nc1ccc(Br)cc1Cl. The summed E-state index contributed by atoms with van der Waals surface area (Å²) in [7, 11) is 0. The van der Waals surface area contributed by atoms with Crippen LogP contribution in [0.15, 0.2) is 22.7 Å². The molecule has 0 amide bonds. The maximum atomic E-state index is 6.00. The third kappa shape index (κ3) is 3.18. The number of benzene rings is 1. The zero-order valence-electron chi connectivity index (χ0n) is 7.35. The summed E-state index contributed by atoms with van der Waals surface area (Å²) in [6.45, 7) is 2.60. The first-order valence-electron chi connectivity index (χ1n) is 4.05. The lowest BCUT2D eigenvalue weighted by Gasteiger charge is -2.14. The largest absolute Gasteiger partial charge is 0.380 e. The number of nitrogens with two attached hydrogens (primary N) is 1. The second kappa shape index (κ2) is 4.84. The highest BCUT2D eigenvalue weighted by Crippen LogP contribution is 2.25. The number of nitrogens with one attached hydrogen (secondary N) is 1. The fourth-order valence-electron chi connectivity index (χ4n) is 0.931. The molecule has 4 heteroatoms. The van der Waals surface area contributed by atoms with E-state index in [0.29, 0.717) is 11.6 Å².